The predicted octanol–water partition coefficient (Wildman–Crippen LogP) is 1.88. The van der Waals surface area contributed by atoms with Gasteiger partial charge in [0.25, 0.3) is 0 Å². The zero-order chi connectivity index (χ0) is 15.6. The minimum atomic E-state index is -0.0884. The predicted molar refractivity (Wildman–Crippen MR) is 92.6 cm³/mol. The van der Waals surface area contributed by atoms with Gasteiger partial charge in [-0.15, -0.1) is 0 Å². The first-order valence-electron chi connectivity index (χ1n) is 7.88. The van der Waals surface area contributed by atoms with Crippen LogP contribution in [0.2, 0.25) is 0 Å². The van der Waals surface area contributed by atoms with Gasteiger partial charge in [-0.1, -0.05) is 6.07 Å². The fourth-order valence-electron chi connectivity index (χ4n) is 3.56. The molecule has 3 aliphatic rings. The van der Waals surface area contributed by atoms with Crippen LogP contribution in [0.3, 0.4) is 0 Å². The van der Waals surface area contributed by atoms with Crippen LogP contribution in [-0.4, -0.2) is 39.4 Å². The van der Waals surface area contributed by atoms with Crippen LogP contribution in [0.1, 0.15) is 38.3 Å². The number of nitrogens with zero attached hydrogens (tertiary/aromatic N) is 3. The van der Waals surface area contributed by atoms with Crippen LogP contribution in [0.5, 0.6) is 0 Å². The lowest BCUT2D eigenvalue weighted by atomic mass is 9.78. The maximum absolute atomic E-state index is 6.03. The molecule has 2 aliphatic heterocycles. The molecular weight excluding hydrogens is 294 g/mol. The molecule has 0 atom stereocenters. The van der Waals surface area contributed by atoms with Gasteiger partial charge in [0.15, 0.2) is 5.11 Å². The standard InChI is InChI=1S/C16H23N5S/c1-12(14-4-2-3-9-19-14)20-21(15(17)22)16-7-5-13(6-8-16)10-18-11-16/h2-4,9,13,18H,5-8,10-11H2,1H3,(H2,17,22). The molecule has 0 spiro atoms. The Morgan fingerprint density at radius 2 is 2.23 bits per heavy atom. The fraction of sp³-hybridized carbons (Fsp3) is 0.562. The third kappa shape index (κ3) is 2.98. The third-order valence-electron chi connectivity index (χ3n) is 4.87. The summed E-state index contributed by atoms with van der Waals surface area (Å²) in [6.07, 6.45) is 6.37. The Labute approximate surface area is 137 Å². The van der Waals surface area contributed by atoms with Crippen LogP contribution < -0.4 is 11.1 Å². The number of thiocarbonyl (C=S) groups is 1. The van der Waals surface area contributed by atoms with Crippen LogP contribution in [0.25, 0.3) is 0 Å². The van der Waals surface area contributed by atoms with Gasteiger partial charge in [-0.3, -0.25) is 4.98 Å². The number of aromatic nitrogens is 1. The van der Waals surface area contributed by atoms with E-state index in [2.05, 4.69) is 10.3 Å². The Kier molecular flexibility index (Phi) is 4.40. The molecule has 118 valence electrons. The first-order chi connectivity index (χ1) is 10.6. The number of fused-ring (bicyclic) bond motifs is 4. The number of rotatable bonds is 3. The van der Waals surface area contributed by atoms with E-state index < -0.39 is 0 Å². The van der Waals surface area contributed by atoms with Gasteiger partial charge < -0.3 is 11.1 Å². The van der Waals surface area contributed by atoms with E-state index in [0.717, 1.165) is 43.3 Å². The van der Waals surface area contributed by atoms with E-state index in [9.17, 15) is 0 Å². The topological polar surface area (TPSA) is 66.5 Å². The number of hydrazone groups is 1. The molecule has 1 aliphatic carbocycles. The van der Waals surface area contributed by atoms with Crippen LogP contribution in [0.4, 0.5) is 0 Å². The van der Waals surface area contributed by atoms with Crippen molar-refractivity contribution in [2.24, 2.45) is 16.8 Å². The van der Waals surface area contributed by atoms with Crippen LogP contribution in [0.15, 0.2) is 29.5 Å². The van der Waals surface area contributed by atoms with Crippen molar-refractivity contribution in [3.8, 4) is 0 Å². The lowest BCUT2D eigenvalue weighted by molar-refractivity contribution is 0.123. The highest BCUT2D eigenvalue weighted by Gasteiger charge is 2.43. The lowest BCUT2D eigenvalue weighted by Crippen LogP contribution is -2.56. The monoisotopic (exact) mass is 317 g/mol. The molecule has 1 saturated carbocycles. The second-order valence-corrected chi connectivity index (χ2v) is 6.77. The second kappa shape index (κ2) is 6.30. The van der Waals surface area contributed by atoms with E-state index in [1.807, 2.05) is 30.1 Å². The largest absolute Gasteiger partial charge is 0.375 e. The highest BCUT2D eigenvalue weighted by Crippen LogP contribution is 2.38. The smallest absolute Gasteiger partial charge is 0.187 e. The molecule has 4 rings (SSSR count). The molecule has 3 fully saturated rings. The van der Waals surface area contributed by atoms with Crippen molar-refractivity contribution in [3.63, 3.8) is 0 Å². The Bertz CT molecular complexity index is 558. The van der Waals surface area contributed by atoms with Gasteiger partial charge in [-0.25, -0.2) is 5.01 Å². The summed E-state index contributed by atoms with van der Waals surface area (Å²) in [5, 5.41) is 10.5. The van der Waals surface area contributed by atoms with Crippen molar-refractivity contribution in [2.45, 2.75) is 38.1 Å². The molecule has 5 nitrogen and oxygen atoms in total. The van der Waals surface area contributed by atoms with Crippen molar-refractivity contribution in [3.05, 3.63) is 30.1 Å². The molecule has 0 radical (unpaired) electrons. The normalized spacial score (nSPS) is 28.2. The highest BCUT2D eigenvalue weighted by molar-refractivity contribution is 7.80. The summed E-state index contributed by atoms with van der Waals surface area (Å²) >= 11 is 5.31. The summed E-state index contributed by atoms with van der Waals surface area (Å²) in [6, 6.07) is 5.82. The van der Waals surface area contributed by atoms with Gasteiger partial charge in [-0.2, -0.15) is 5.10 Å². The first kappa shape index (κ1) is 15.4. The number of pyridine rings is 1. The van der Waals surface area contributed by atoms with Crippen molar-refractivity contribution in [1.82, 2.24) is 15.3 Å². The molecule has 3 heterocycles. The Morgan fingerprint density at radius 1 is 1.45 bits per heavy atom. The molecule has 22 heavy (non-hydrogen) atoms. The van der Waals surface area contributed by atoms with E-state index >= 15 is 0 Å². The summed E-state index contributed by atoms with van der Waals surface area (Å²) in [4.78, 5) is 4.36. The molecule has 6 heteroatoms. The molecule has 1 aromatic heterocycles. The zero-order valence-electron chi connectivity index (χ0n) is 13.0. The van der Waals surface area contributed by atoms with Gasteiger partial charge in [-0.05, 0) is 69.4 Å². The van der Waals surface area contributed by atoms with Crippen molar-refractivity contribution in [1.29, 1.82) is 0 Å². The quantitative estimate of drug-likeness (QED) is 0.506. The van der Waals surface area contributed by atoms with E-state index in [1.54, 1.807) is 6.20 Å². The molecule has 2 saturated heterocycles. The Morgan fingerprint density at radius 3 is 2.86 bits per heavy atom. The summed E-state index contributed by atoms with van der Waals surface area (Å²) in [6.45, 7) is 3.94. The lowest BCUT2D eigenvalue weighted by Gasteiger charge is -2.43. The first-order valence-corrected chi connectivity index (χ1v) is 8.28. The average molecular weight is 317 g/mol. The minimum absolute atomic E-state index is 0.0884. The Balaban J connectivity index is 1.91. The Hall–Kier alpha value is -1.53. The molecule has 0 amide bonds. The summed E-state index contributed by atoms with van der Waals surface area (Å²) in [5.41, 5.74) is 7.64. The number of nitrogens with two attached hydrogens (primary N) is 1. The van der Waals surface area contributed by atoms with Crippen molar-refractivity contribution in [2.75, 3.05) is 13.1 Å². The molecule has 1 aromatic rings. The molecule has 0 aromatic carbocycles. The SMILES string of the molecule is CC(=NN(C(N)=S)C12CCC(CC1)CNC2)c1ccccn1. The molecule has 2 bridgehead atoms. The molecule has 3 N–H and O–H groups in total. The van der Waals surface area contributed by atoms with Crippen LogP contribution in [0, 0.1) is 5.92 Å². The number of hydrogen-bond donors (Lipinski definition) is 2. The van der Waals surface area contributed by atoms with Crippen LogP contribution in [-0.2, 0) is 0 Å². The number of nitrogens with one attached hydrogen (secondary N) is 1. The second-order valence-electron chi connectivity index (χ2n) is 6.35. The van der Waals surface area contributed by atoms with E-state index in [0.29, 0.717) is 5.11 Å². The summed E-state index contributed by atoms with van der Waals surface area (Å²) < 4.78 is 0. The van der Waals surface area contributed by atoms with E-state index in [-0.39, 0.29) is 5.54 Å². The minimum Gasteiger partial charge on any atom is -0.375 e. The fourth-order valence-corrected chi connectivity index (χ4v) is 3.79. The van der Waals surface area contributed by atoms with Crippen molar-refractivity contribution >= 4 is 23.0 Å². The maximum Gasteiger partial charge on any atom is 0.187 e. The van der Waals surface area contributed by atoms with Gasteiger partial charge in [0.1, 0.15) is 0 Å². The summed E-state index contributed by atoms with van der Waals surface area (Å²) in [7, 11) is 0. The van der Waals surface area contributed by atoms with Crippen molar-refractivity contribution < 1.29 is 0 Å². The molecule has 0 unspecified atom stereocenters. The average Bonchev–Trinajstić information content (AvgIpc) is 2.87. The van der Waals surface area contributed by atoms with Crippen LogP contribution >= 0.6 is 12.2 Å². The zero-order valence-corrected chi connectivity index (χ0v) is 13.8. The molecular formula is C16H23N5S. The van der Waals surface area contributed by atoms with E-state index in [4.69, 9.17) is 23.1 Å². The van der Waals surface area contributed by atoms with Gasteiger partial charge in [0.05, 0.1) is 16.9 Å². The van der Waals surface area contributed by atoms with Gasteiger partial charge in [0.2, 0.25) is 0 Å². The highest BCUT2D eigenvalue weighted by atomic mass is 32.1. The van der Waals surface area contributed by atoms with Gasteiger partial charge in [0, 0.05) is 12.7 Å². The number of hydrogen-bond acceptors (Lipinski definition) is 4. The maximum atomic E-state index is 6.03. The van der Waals surface area contributed by atoms with Gasteiger partial charge >= 0.3 is 0 Å². The van der Waals surface area contributed by atoms with E-state index in [1.165, 1.54) is 12.8 Å². The summed E-state index contributed by atoms with van der Waals surface area (Å²) in [5.74, 6) is 0.782. The third-order valence-corrected chi connectivity index (χ3v) is 5.04.